The van der Waals surface area contributed by atoms with Crippen molar-refractivity contribution >= 4 is 50.1 Å². The van der Waals surface area contributed by atoms with E-state index in [0.717, 1.165) is 16.4 Å². The van der Waals surface area contributed by atoms with Crippen LogP contribution in [0, 0.1) is 0 Å². The van der Waals surface area contributed by atoms with E-state index in [1.54, 1.807) is 24.3 Å². The van der Waals surface area contributed by atoms with Crippen molar-refractivity contribution in [3.8, 4) is 0 Å². The molecule has 2 aromatic heterocycles. The zero-order chi connectivity index (χ0) is 25.1. The summed E-state index contributed by atoms with van der Waals surface area (Å²) in [5.74, 6) is 0.0448. The summed E-state index contributed by atoms with van der Waals surface area (Å²) >= 11 is 6.09. The SMILES string of the molecule is Nc1nc(N)c2cnn(C3Cc4ccccc4N(S(=O)(=O)c4cc(C(F)(F)F)ccc4Cl)C3)c2n1. The number of anilines is 3. The van der Waals surface area contributed by atoms with Crippen molar-refractivity contribution in [2.24, 2.45) is 0 Å². The van der Waals surface area contributed by atoms with Gasteiger partial charge in [0.2, 0.25) is 5.95 Å². The number of hydrogen-bond donors (Lipinski definition) is 2. The molecule has 9 nitrogen and oxygen atoms in total. The number of nitrogen functional groups attached to an aromatic ring is 2. The molecule has 1 unspecified atom stereocenters. The number of aromatic nitrogens is 4. The second kappa shape index (κ2) is 7.99. The fourth-order valence-corrected chi connectivity index (χ4v) is 6.20. The van der Waals surface area contributed by atoms with E-state index < -0.39 is 32.7 Å². The van der Waals surface area contributed by atoms with Crippen LogP contribution < -0.4 is 15.8 Å². The Morgan fingerprint density at radius 3 is 2.57 bits per heavy atom. The molecule has 0 radical (unpaired) electrons. The summed E-state index contributed by atoms with van der Waals surface area (Å²) in [6.45, 7) is -0.146. The lowest BCUT2D eigenvalue weighted by atomic mass is 10.00. The minimum Gasteiger partial charge on any atom is -0.383 e. The summed E-state index contributed by atoms with van der Waals surface area (Å²) in [6.07, 6.45) is -2.92. The van der Waals surface area contributed by atoms with Gasteiger partial charge in [-0.25, -0.2) is 13.1 Å². The Kier molecular flexibility index (Phi) is 5.29. The van der Waals surface area contributed by atoms with E-state index in [2.05, 4.69) is 15.1 Å². The highest BCUT2D eigenvalue weighted by atomic mass is 35.5. The standard InChI is InChI=1S/C21H17ClF3N7O2S/c22-15-6-5-12(21(23,24)25)8-17(15)35(33,34)31-10-13(7-11-3-1-2-4-16(11)31)32-19-14(9-28-32)18(26)29-20(27)30-19/h1-6,8-9,13H,7,10H2,(H4,26,27,29,30). The minimum absolute atomic E-state index is 0.0758. The summed E-state index contributed by atoms with van der Waals surface area (Å²) in [4.78, 5) is 7.46. The Balaban J connectivity index is 1.65. The fourth-order valence-electron chi connectivity index (χ4n) is 4.15. The maximum absolute atomic E-state index is 13.7. The van der Waals surface area contributed by atoms with Crippen LogP contribution in [0.1, 0.15) is 17.2 Å². The number of halogens is 4. The van der Waals surface area contributed by atoms with E-state index in [1.165, 1.54) is 10.9 Å². The number of para-hydroxylation sites is 1. The molecule has 1 atom stereocenters. The molecule has 0 aliphatic carbocycles. The average molecular weight is 524 g/mol. The molecule has 0 fully saturated rings. The molecule has 0 bridgehead atoms. The third-order valence-electron chi connectivity index (χ3n) is 5.77. The molecule has 0 spiro atoms. The fraction of sp³-hybridized carbons (Fsp3) is 0.190. The van der Waals surface area contributed by atoms with Crippen molar-refractivity contribution in [3.05, 3.63) is 64.8 Å². The normalized spacial score (nSPS) is 16.5. The molecule has 4 aromatic rings. The van der Waals surface area contributed by atoms with Crippen molar-refractivity contribution in [2.75, 3.05) is 22.3 Å². The number of benzene rings is 2. The molecule has 2 aromatic carbocycles. The van der Waals surface area contributed by atoms with Crippen LogP contribution in [0.25, 0.3) is 11.0 Å². The number of hydrogen-bond acceptors (Lipinski definition) is 7. The topological polar surface area (TPSA) is 133 Å². The molecule has 4 N–H and O–H groups in total. The van der Waals surface area contributed by atoms with Crippen molar-refractivity contribution in [3.63, 3.8) is 0 Å². The molecular weight excluding hydrogens is 507 g/mol. The van der Waals surface area contributed by atoms with E-state index in [0.29, 0.717) is 34.8 Å². The van der Waals surface area contributed by atoms with E-state index in [4.69, 9.17) is 23.1 Å². The monoisotopic (exact) mass is 523 g/mol. The number of rotatable bonds is 3. The zero-order valence-corrected chi connectivity index (χ0v) is 19.3. The third-order valence-corrected chi connectivity index (χ3v) is 8.03. The summed E-state index contributed by atoms with van der Waals surface area (Å²) in [5.41, 5.74) is 11.8. The van der Waals surface area contributed by atoms with Crippen molar-refractivity contribution in [2.45, 2.75) is 23.5 Å². The van der Waals surface area contributed by atoms with E-state index in [1.807, 2.05) is 0 Å². The molecule has 35 heavy (non-hydrogen) atoms. The zero-order valence-electron chi connectivity index (χ0n) is 17.7. The van der Waals surface area contributed by atoms with Gasteiger partial charge in [0.05, 0.1) is 40.4 Å². The van der Waals surface area contributed by atoms with Crippen molar-refractivity contribution < 1.29 is 21.6 Å². The largest absolute Gasteiger partial charge is 0.416 e. The average Bonchev–Trinajstić information content (AvgIpc) is 3.22. The highest BCUT2D eigenvalue weighted by Gasteiger charge is 2.38. The quantitative estimate of drug-likeness (QED) is 0.418. The first kappa shape index (κ1) is 23.2. The third kappa shape index (κ3) is 3.90. The van der Waals surface area contributed by atoms with Gasteiger partial charge in [-0.15, -0.1) is 0 Å². The highest BCUT2D eigenvalue weighted by Crippen LogP contribution is 2.40. The summed E-state index contributed by atoms with van der Waals surface area (Å²) in [5, 5.41) is 4.44. The lowest BCUT2D eigenvalue weighted by Crippen LogP contribution is -2.41. The van der Waals surface area contributed by atoms with Crippen LogP contribution in [0.3, 0.4) is 0 Å². The van der Waals surface area contributed by atoms with Gasteiger partial charge in [-0.1, -0.05) is 29.8 Å². The molecule has 1 aliphatic heterocycles. The van der Waals surface area contributed by atoms with Crippen molar-refractivity contribution in [1.82, 2.24) is 19.7 Å². The first-order chi connectivity index (χ1) is 16.5. The Morgan fingerprint density at radius 2 is 1.83 bits per heavy atom. The molecule has 0 amide bonds. The van der Waals surface area contributed by atoms with E-state index in [9.17, 15) is 21.6 Å². The van der Waals surface area contributed by atoms with Gasteiger partial charge < -0.3 is 11.5 Å². The van der Waals surface area contributed by atoms with Gasteiger partial charge >= 0.3 is 6.18 Å². The van der Waals surface area contributed by atoms with Crippen molar-refractivity contribution in [1.29, 1.82) is 0 Å². The Hall–Kier alpha value is -3.58. The lowest BCUT2D eigenvalue weighted by molar-refractivity contribution is -0.137. The maximum Gasteiger partial charge on any atom is 0.416 e. The summed E-state index contributed by atoms with van der Waals surface area (Å²) < 4.78 is 70.0. The summed E-state index contributed by atoms with van der Waals surface area (Å²) in [7, 11) is -4.50. The maximum atomic E-state index is 13.7. The Morgan fingerprint density at radius 1 is 1.09 bits per heavy atom. The van der Waals surface area contributed by atoms with Crippen LogP contribution in [0.15, 0.2) is 53.6 Å². The molecule has 182 valence electrons. The van der Waals surface area contributed by atoms with Crippen LogP contribution in [-0.2, 0) is 22.6 Å². The molecule has 1 aliphatic rings. The first-order valence-corrected chi connectivity index (χ1v) is 12.0. The number of sulfonamides is 1. The van der Waals surface area contributed by atoms with Gasteiger partial charge in [-0.3, -0.25) is 4.31 Å². The Bertz CT molecular complexity index is 1570. The molecular formula is C21H17ClF3N7O2S. The van der Waals surface area contributed by atoms with Gasteiger partial charge in [0.1, 0.15) is 10.7 Å². The smallest absolute Gasteiger partial charge is 0.383 e. The van der Waals surface area contributed by atoms with Gasteiger partial charge in [0.15, 0.2) is 5.65 Å². The lowest BCUT2D eigenvalue weighted by Gasteiger charge is -2.35. The van der Waals surface area contributed by atoms with Crippen LogP contribution in [-0.4, -0.2) is 34.7 Å². The second-order valence-electron chi connectivity index (χ2n) is 7.96. The Labute approximate surface area is 202 Å². The predicted octanol–water partition coefficient (Wildman–Crippen LogP) is 3.66. The van der Waals surface area contributed by atoms with E-state index >= 15 is 0 Å². The predicted molar refractivity (Wildman–Crippen MR) is 124 cm³/mol. The van der Waals surface area contributed by atoms with Gasteiger partial charge in [-0.2, -0.15) is 28.2 Å². The number of alkyl halides is 3. The first-order valence-electron chi connectivity index (χ1n) is 10.2. The van der Waals surface area contributed by atoms with Gasteiger partial charge in [0.25, 0.3) is 10.0 Å². The van der Waals surface area contributed by atoms with Crippen LogP contribution in [0.5, 0.6) is 0 Å². The molecule has 0 saturated heterocycles. The second-order valence-corrected chi connectivity index (χ2v) is 10.2. The van der Waals surface area contributed by atoms with Crippen LogP contribution in [0.2, 0.25) is 5.02 Å². The van der Waals surface area contributed by atoms with Gasteiger partial charge in [0, 0.05) is 0 Å². The number of nitrogens with zero attached hydrogens (tertiary/aromatic N) is 5. The number of fused-ring (bicyclic) bond motifs is 2. The van der Waals surface area contributed by atoms with Crippen LogP contribution >= 0.6 is 11.6 Å². The minimum atomic E-state index is -4.75. The molecule has 5 rings (SSSR count). The molecule has 14 heteroatoms. The van der Waals surface area contributed by atoms with Crippen LogP contribution in [0.4, 0.5) is 30.6 Å². The molecule has 0 saturated carbocycles. The number of nitrogens with two attached hydrogens (primary N) is 2. The van der Waals surface area contributed by atoms with E-state index in [-0.39, 0.29) is 23.3 Å². The van der Waals surface area contributed by atoms with Gasteiger partial charge in [-0.05, 0) is 36.2 Å². The molecule has 3 heterocycles. The summed E-state index contributed by atoms with van der Waals surface area (Å²) in [6, 6.07) is 8.34. The highest BCUT2D eigenvalue weighted by molar-refractivity contribution is 7.93.